The van der Waals surface area contributed by atoms with Crippen molar-refractivity contribution in [2.75, 3.05) is 0 Å². The van der Waals surface area contributed by atoms with Gasteiger partial charge in [-0.2, -0.15) is 0 Å². The van der Waals surface area contributed by atoms with E-state index in [1.54, 1.807) is 4.91 Å². The van der Waals surface area contributed by atoms with Gasteiger partial charge in [0, 0.05) is 5.25 Å². The molecule has 0 nitrogen and oxygen atoms in total. The van der Waals surface area contributed by atoms with E-state index in [0.29, 0.717) is 0 Å². The fourth-order valence-corrected chi connectivity index (χ4v) is 3.49. The normalized spacial score (nSPS) is 39.5. The molecule has 0 amide bonds. The van der Waals surface area contributed by atoms with E-state index in [9.17, 15) is 0 Å². The first-order valence-electron chi connectivity index (χ1n) is 4.85. The van der Waals surface area contributed by atoms with Crippen LogP contribution in [0.4, 0.5) is 0 Å². The summed E-state index contributed by atoms with van der Waals surface area (Å²) in [7, 11) is 0. The summed E-state index contributed by atoms with van der Waals surface area (Å²) < 4.78 is 0. The van der Waals surface area contributed by atoms with Crippen molar-refractivity contribution < 1.29 is 0 Å². The summed E-state index contributed by atoms with van der Waals surface area (Å²) >= 11 is 2.07. The molecule has 0 saturated carbocycles. The van der Waals surface area contributed by atoms with Gasteiger partial charge in [0.25, 0.3) is 0 Å². The molecule has 2 aliphatic rings. The number of thioether (sulfide) groups is 1. The smallest absolute Gasteiger partial charge is 0.0336 e. The number of allylic oxidation sites excluding steroid dienone is 3. The number of hydrogen-bond acceptors (Lipinski definition) is 1. The first kappa shape index (κ1) is 8.43. The summed E-state index contributed by atoms with van der Waals surface area (Å²) in [4.78, 5) is 1.60. The van der Waals surface area contributed by atoms with Crippen molar-refractivity contribution >= 4 is 11.8 Å². The maximum atomic E-state index is 2.50. The lowest BCUT2D eigenvalue weighted by atomic mass is 9.84. The highest BCUT2D eigenvalue weighted by molar-refractivity contribution is 8.04. The molecule has 0 radical (unpaired) electrons. The van der Waals surface area contributed by atoms with E-state index >= 15 is 0 Å². The van der Waals surface area contributed by atoms with Gasteiger partial charge in [0.15, 0.2) is 0 Å². The molecule has 3 unspecified atom stereocenters. The highest BCUT2D eigenvalue weighted by atomic mass is 32.2. The molecule has 1 aliphatic heterocycles. The van der Waals surface area contributed by atoms with Crippen molar-refractivity contribution in [3.8, 4) is 0 Å². The molecular formula is C11H16S. The van der Waals surface area contributed by atoms with Crippen LogP contribution in [-0.2, 0) is 0 Å². The SMILES string of the molecule is CCC1=CC2C(C)CC=CC2S1. The van der Waals surface area contributed by atoms with E-state index < -0.39 is 0 Å². The third kappa shape index (κ3) is 1.35. The fraction of sp³-hybridized carbons (Fsp3) is 0.636. The van der Waals surface area contributed by atoms with Crippen LogP contribution in [0.3, 0.4) is 0 Å². The quantitative estimate of drug-likeness (QED) is 0.555. The minimum Gasteiger partial charge on any atom is -0.123 e. The summed E-state index contributed by atoms with van der Waals surface area (Å²) in [6.07, 6.45) is 9.75. The summed E-state index contributed by atoms with van der Waals surface area (Å²) in [5.74, 6) is 1.69. The van der Waals surface area contributed by atoms with Crippen LogP contribution in [0, 0.1) is 11.8 Å². The molecule has 3 atom stereocenters. The van der Waals surface area contributed by atoms with Gasteiger partial charge in [-0.05, 0) is 29.6 Å². The Hall–Kier alpha value is -0.170. The summed E-state index contributed by atoms with van der Waals surface area (Å²) in [6, 6.07) is 0. The maximum absolute atomic E-state index is 2.50. The Morgan fingerprint density at radius 3 is 3.08 bits per heavy atom. The predicted molar refractivity (Wildman–Crippen MR) is 56.2 cm³/mol. The van der Waals surface area contributed by atoms with Crippen LogP contribution in [0.5, 0.6) is 0 Å². The molecule has 1 heterocycles. The second-order valence-corrected chi connectivity index (χ2v) is 5.09. The van der Waals surface area contributed by atoms with Gasteiger partial charge in [-0.3, -0.25) is 0 Å². The lowest BCUT2D eigenvalue weighted by molar-refractivity contribution is 0.432. The third-order valence-electron chi connectivity index (χ3n) is 2.88. The second kappa shape index (κ2) is 3.29. The molecule has 0 bridgehead atoms. The molecule has 0 N–H and O–H groups in total. The summed E-state index contributed by atoms with van der Waals surface area (Å²) in [6.45, 7) is 4.63. The zero-order valence-corrected chi connectivity index (χ0v) is 8.60. The first-order valence-corrected chi connectivity index (χ1v) is 5.73. The summed E-state index contributed by atoms with van der Waals surface area (Å²) in [5, 5.41) is 0.767. The van der Waals surface area contributed by atoms with Gasteiger partial charge < -0.3 is 0 Å². The van der Waals surface area contributed by atoms with Crippen LogP contribution in [0.1, 0.15) is 26.7 Å². The average Bonchev–Trinajstić information content (AvgIpc) is 2.49. The number of hydrogen-bond donors (Lipinski definition) is 0. The molecule has 66 valence electrons. The molecule has 0 saturated heterocycles. The van der Waals surface area contributed by atoms with Crippen LogP contribution in [-0.4, -0.2) is 5.25 Å². The van der Waals surface area contributed by atoms with Crippen molar-refractivity contribution in [2.45, 2.75) is 31.9 Å². The van der Waals surface area contributed by atoms with Crippen molar-refractivity contribution in [1.82, 2.24) is 0 Å². The minimum absolute atomic E-state index is 0.767. The van der Waals surface area contributed by atoms with Crippen LogP contribution in [0.15, 0.2) is 23.1 Å². The molecule has 0 aromatic heterocycles. The van der Waals surface area contributed by atoms with E-state index in [1.807, 2.05) is 0 Å². The minimum atomic E-state index is 0.767. The van der Waals surface area contributed by atoms with E-state index in [4.69, 9.17) is 0 Å². The molecule has 0 aromatic rings. The van der Waals surface area contributed by atoms with E-state index in [0.717, 1.165) is 17.1 Å². The van der Waals surface area contributed by atoms with Crippen molar-refractivity contribution in [3.63, 3.8) is 0 Å². The average molecular weight is 180 g/mol. The van der Waals surface area contributed by atoms with Gasteiger partial charge in [0.05, 0.1) is 0 Å². The fourth-order valence-electron chi connectivity index (χ4n) is 2.04. The Labute approximate surface area is 79.1 Å². The van der Waals surface area contributed by atoms with Crippen molar-refractivity contribution in [2.24, 2.45) is 11.8 Å². The van der Waals surface area contributed by atoms with E-state index in [-0.39, 0.29) is 0 Å². The van der Waals surface area contributed by atoms with Crippen molar-refractivity contribution in [1.29, 1.82) is 0 Å². The molecule has 1 aliphatic carbocycles. The highest BCUT2D eigenvalue weighted by Crippen LogP contribution is 2.45. The van der Waals surface area contributed by atoms with Gasteiger partial charge >= 0.3 is 0 Å². The maximum Gasteiger partial charge on any atom is 0.0336 e. The number of rotatable bonds is 1. The predicted octanol–water partition coefficient (Wildman–Crippen LogP) is 3.61. The Kier molecular flexibility index (Phi) is 2.31. The monoisotopic (exact) mass is 180 g/mol. The molecule has 0 spiro atoms. The van der Waals surface area contributed by atoms with Crippen LogP contribution >= 0.6 is 11.8 Å². The lowest BCUT2D eigenvalue weighted by Crippen LogP contribution is -2.20. The molecular weight excluding hydrogens is 164 g/mol. The second-order valence-electron chi connectivity index (χ2n) is 3.79. The Morgan fingerprint density at radius 2 is 2.42 bits per heavy atom. The van der Waals surface area contributed by atoms with Gasteiger partial charge in [-0.25, -0.2) is 0 Å². The van der Waals surface area contributed by atoms with E-state index in [2.05, 4.69) is 43.8 Å². The van der Waals surface area contributed by atoms with Crippen LogP contribution in [0.25, 0.3) is 0 Å². The van der Waals surface area contributed by atoms with Crippen LogP contribution < -0.4 is 0 Å². The molecule has 12 heavy (non-hydrogen) atoms. The standard InChI is InChI=1S/C11H16S/c1-3-9-7-10-8(2)5-4-6-11(10)12-9/h4,6-8,10-11H,3,5H2,1-2H3. The van der Waals surface area contributed by atoms with Crippen molar-refractivity contribution in [3.05, 3.63) is 23.1 Å². The van der Waals surface area contributed by atoms with E-state index in [1.165, 1.54) is 12.8 Å². The first-order chi connectivity index (χ1) is 5.81. The summed E-state index contributed by atoms with van der Waals surface area (Å²) in [5.41, 5.74) is 0. The Balaban J connectivity index is 2.16. The third-order valence-corrected chi connectivity index (χ3v) is 4.36. The van der Waals surface area contributed by atoms with Crippen LogP contribution in [0.2, 0.25) is 0 Å². The molecule has 2 rings (SSSR count). The molecule has 0 aromatic carbocycles. The lowest BCUT2D eigenvalue weighted by Gasteiger charge is -2.25. The topological polar surface area (TPSA) is 0 Å². The zero-order valence-electron chi connectivity index (χ0n) is 7.79. The largest absolute Gasteiger partial charge is 0.123 e. The Morgan fingerprint density at radius 1 is 1.58 bits per heavy atom. The van der Waals surface area contributed by atoms with Gasteiger partial charge in [0.1, 0.15) is 0 Å². The molecule has 1 heteroatoms. The van der Waals surface area contributed by atoms with Gasteiger partial charge in [-0.1, -0.05) is 32.1 Å². The Bertz CT molecular complexity index is 227. The van der Waals surface area contributed by atoms with Gasteiger partial charge in [-0.15, -0.1) is 11.8 Å². The highest BCUT2D eigenvalue weighted by Gasteiger charge is 2.31. The molecule has 0 fully saturated rings. The number of fused-ring (bicyclic) bond motifs is 1. The zero-order chi connectivity index (χ0) is 8.55. The van der Waals surface area contributed by atoms with Gasteiger partial charge in [0.2, 0.25) is 0 Å².